The van der Waals surface area contributed by atoms with Crippen molar-refractivity contribution in [2.45, 2.75) is 55.8 Å². The molecule has 248 valence electrons. The van der Waals surface area contributed by atoms with Crippen LogP contribution in [0.15, 0.2) is 54.3 Å². The number of nitrogens with one attached hydrogen (secondary N) is 2. The summed E-state index contributed by atoms with van der Waals surface area (Å²) in [6.45, 7) is 2.21. The molecule has 1 fully saturated rings. The van der Waals surface area contributed by atoms with E-state index < -0.39 is 27.3 Å². The van der Waals surface area contributed by atoms with E-state index in [1.54, 1.807) is 24.2 Å². The molecular weight excluding hydrogens is 641 g/mol. The SMILES string of the molecule is CCNC(=O)N(c1cnc(-c2cnc(OC)nc2)cn1)[C@H]1CC[C@H](Nc2ncc(C(F)(F)F)c(-c3cncc(S(C)(=O)=O)c3)n2)CC1. The lowest BCUT2D eigenvalue weighted by Crippen LogP contribution is -2.49. The maximum Gasteiger partial charge on any atom is 0.419 e. The third-order valence-electron chi connectivity index (χ3n) is 7.44. The van der Waals surface area contributed by atoms with Gasteiger partial charge in [0.2, 0.25) is 5.95 Å². The van der Waals surface area contributed by atoms with Crippen LogP contribution in [0.25, 0.3) is 22.5 Å². The number of amides is 2. The summed E-state index contributed by atoms with van der Waals surface area (Å²) in [4.78, 5) is 43.4. The first-order chi connectivity index (χ1) is 22.4. The number of rotatable bonds is 9. The van der Waals surface area contributed by atoms with Crippen LogP contribution in [0.4, 0.5) is 29.7 Å². The van der Waals surface area contributed by atoms with Gasteiger partial charge in [-0.2, -0.15) is 13.2 Å². The second-order valence-corrected chi connectivity index (χ2v) is 12.7. The van der Waals surface area contributed by atoms with E-state index >= 15 is 0 Å². The van der Waals surface area contributed by atoms with Gasteiger partial charge in [0.15, 0.2) is 15.7 Å². The van der Waals surface area contributed by atoms with Crippen LogP contribution in [0.3, 0.4) is 0 Å². The number of pyridine rings is 1. The highest BCUT2D eigenvalue weighted by atomic mass is 32.2. The molecule has 0 spiro atoms. The van der Waals surface area contributed by atoms with Crippen LogP contribution >= 0.6 is 0 Å². The van der Waals surface area contributed by atoms with Crippen molar-refractivity contribution in [1.82, 2.24) is 40.2 Å². The van der Waals surface area contributed by atoms with Crippen LogP contribution in [-0.2, 0) is 16.0 Å². The Labute approximate surface area is 268 Å². The maximum absolute atomic E-state index is 13.9. The molecule has 18 heteroatoms. The smallest absolute Gasteiger partial charge is 0.419 e. The number of urea groups is 1. The average Bonchev–Trinajstić information content (AvgIpc) is 3.05. The number of hydrogen-bond donors (Lipinski definition) is 2. The lowest BCUT2D eigenvalue weighted by molar-refractivity contribution is -0.137. The zero-order valence-electron chi connectivity index (χ0n) is 25.6. The van der Waals surface area contributed by atoms with Crippen LogP contribution in [0.2, 0.25) is 0 Å². The Morgan fingerprint density at radius 3 is 2.28 bits per heavy atom. The summed E-state index contributed by atoms with van der Waals surface area (Å²) in [5, 5.41) is 5.92. The fraction of sp³-hybridized carbons (Fsp3) is 0.379. The van der Waals surface area contributed by atoms with Crippen LogP contribution in [0.5, 0.6) is 6.01 Å². The van der Waals surface area contributed by atoms with E-state index in [0.717, 1.165) is 24.7 Å². The zero-order chi connectivity index (χ0) is 33.8. The van der Waals surface area contributed by atoms with Crippen LogP contribution in [0, 0.1) is 0 Å². The Bertz CT molecular complexity index is 1820. The first kappa shape index (κ1) is 33.4. The quantitative estimate of drug-likeness (QED) is 0.260. The normalized spacial score (nSPS) is 16.7. The van der Waals surface area contributed by atoms with E-state index in [-0.39, 0.29) is 40.5 Å². The molecule has 47 heavy (non-hydrogen) atoms. The summed E-state index contributed by atoms with van der Waals surface area (Å²) in [5.41, 5.74) is -0.599. The molecule has 1 aliphatic carbocycles. The highest BCUT2D eigenvalue weighted by Crippen LogP contribution is 2.37. The van der Waals surface area contributed by atoms with Gasteiger partial charge >= 0.3 is 18.2 Å². The van der Waals surface area contributed by atoms with E-state index in [1.165, 1.54) is 19.5 Å². The minimum atomic E-state index is -4.79. The second-order valence-electron chi connectivity index (χ2n) is 10.7. The van der Waals surface area contributed by atoms with E-state index in [1.807, 2.05) is 0 Å². The lowest BCUT2D eigenvalue weighted by Gasteiger charge is -2.36. The molecule has 1 aliphatic rings. The molecule has 2 amide bonds. The van der Waals surface area contributed by atoms with Crippen molar-refractivity contribution in [3.8, 4) is 28.5 Å². The fourth-order valence-corrected chi connectivity index (χ4v) is 5.73. The highest BCUT2D eigenvalue weighted by Gasteiger charge is 2.36. The Hall–Kier alpha value is -5.00. The number of alkyl halides is 3. The van der Waals surface area contributed by atoms with Crippen LogP contribution < -0.4 is 20.3 Å². The predicted octanol–water partition coefficient (Wildman–Crippen LogP) is 4.18. The number of ether oxygens (including phenoxy) is 1. The number of aromatic nitrogens is 7. The van der Waals surface area contributed by atoms with Gasteiger partial charge in [-0.25, -0.2) is 38.1 Å². The largest absolute Gasteiger partial charge is 0.467 e. The first-order valence-electron chi connectivity index (χ1n) is 14.5. The monoisotopic (exact) mass is 672 g/mol. The molecule has 4 heterocycles. The molecule has 4 aromatic heterocycles. The van der Waals surface area contributed by atoms with E-state index in [9.17, 15) is 26.4 Å². The van der Waals surface area contributed by atoms with Crippen molar-refractivity contribution in [1.29, 1.82) is 0 Å². The summed E-state index contributed by atoms with van der Waals surface area (Å²) >= 11 is 0. The molecule has 4 aromatic rings. The van der Waals surface area contributed by atoms with Gasteiger partial charge in [0.05, 0.1) is 35.8 Å². The number of carbonyl (C=O) groups is 1. The third-order valence-corrected chi connectivity index (χ3v) is 8.52. The van der Waals surface area contributed by atoms with Crippen molar-refractivity contribution >= 4 is 27.6 Å². The van der Waals surface area contributed by atoms with Gasteiger partial charge < -0.3 is 15.4 Å². The number of halogens is 3. The highest BCUT2D eigenvalue weighted by molar-refractivity contribution is 7.90. The molecule has 0 saturated heterocycles. The topological polar surface area (TPSA) is 178 Å². The zero-order valence-corrected chi connectivity index (χ0v) is 26.4. The summed E-state index contributed by atoms with van der Waals surface area (Å²) in [5.74, 6) is 0.303. The van der Waals surface area contributed by atoms with Gasteiger partial charge in [0.1, 0.15) is 5.56 Å². The molecular formula is C29H31F3N10O4S. The van der Waals surface area contributed by atoms with Gasteiger partial charge in [-0.15, -0.1) is 0 Å². The van der Waals surface area contributed by atoms with Crippen molar-refractivity contribution in [2.75, 3.05) is 30.1 Å². The Morgan fingerprint density at radius 2 is 1.68 bits per heavy atom. The molecule has 0 bridgehead atoms. The summed E-state index contributed by atoms with van der Waals surface area (Å²) in [7, 11) is -2.26. The molecule has 14 nitrogen and oxygen atoms in total. The summed E-state index contributed by atoms with van der Waals surface area (Å²) in [6, 6.07) is 0.534. The lowest BCUT2D eigenvalue weighted by atomic mass is 9.90. The standard InChI is InChI=1S/C29H31F3N10O4S/c1-4-34-28(43)42(24-16-35-23(15-36-24)18-11-38-27(46-2)39-12-18)20-7-5-19(6-8-20)40-26-37-14-22(29(30,31)32)25(41-26)17-9-21(13-33-10-17)47(3,44)45/h9-16,19-20H,4-8H2,1-3H3,(H,34,43)(H,37,40,41)/t19-,20-. The van der Waals surface area contributed by atoms with E-state index in [0.29, 0.717) is 55.5 Å². The van der Waals surface area contributed by atoms with Crippen LogP contribution in [0.1, 0.15) is 38.2 Å². The predicted molar refractivity (Wildman–Crippen MR) is 164 cm³/mol. The van der Waals surface area contributed by atoms with Crippen LogP contribution in [-0.4, -0.2) is 81.3 Å². The van der Waals surface area contributed by atoms with Gasteiger partial charge in [-0.05, 0) is 38.7 Å². The second kappa shape index (κ2) is 13.8. The van der Waals surface area contributed by atoms with Gasteiger partial charge in [0, 0.05) is 67.0 Å². The van der Waals surface area contributed by atoms with Gasteiger partial charge in [-0.1, -0.05) is 0 Å². The Balaban J connectivity index is 1.32. The molecule has 0 unspecified atom stereocenters. The average molecular weight is 673 g/mol. The van der Waals surface area contributed by atoms with Gasteiger partial charge in [0.25, 0.3) is 0 Å². The maximum atomic E-state index is 13.9. The first-order valence-corrected chi connectivity index (χ1v) is 16.4. The minimum absolute atomic E-state index is 0.0502. The van der Waals surface area contributed by atoms with Crippen molar-refractivity contribution in [3.05, 3.63) is 55.0 Å². The molecule has 0 aliphatic heterocycles. The molecule has 1 saturated carbocycles. The molecule has 0 atom stereocenters. The van der Waals surface area contributed by atoms with Crippen molar-refractivity contribution in [2.24, 2.45) is 0 Å². The number of nitrogens with zero attached hydrogens (tertiary/aromatic N) is 8. The molecule has 2 N–H and O–H groups in total. The molecule has 5 rings (SSSR count). The molecule has 0 radical (unpaired) electrons. The minimum Gasteiger partial charge on any atom is -0.467 e. The van der Waals surface area contributed by atoms with E-state index in [2.05, 4.69) is 45.5 Å². The van der Waals surface area contributed by atoms with Crippen molar-refractivity contribution in [3.63, 3.8) is 0 Å². The number of methoxy groups -OCH3 is 1. The number of sulfone groups is 1. The Kier molecular flexibility index (Phi) is 9.78. The molecule has 0 aromatic carbocycles. The summed E-state index contributed by atoms with van der Waals surface area (Å²) < 4.78 is 70.6. The van der Waals surface area contributed by atoms with E-state index in [4.69, 9.17) is 4.74 Å². The number of hydrogen-bond acceptors (Lipinski definition) is 12. The van der Waals surface area contributed by atoms with Gasteiger partial charge in [-0.3, -0.25) is 14.9 Å². The number of carbonyl (C=O) groups excluding carboxylic acids is 1. The number of anilines is 2. The fourth-order valence-electron chi connectivity index (χ4n) is 5.13. The Morgan fingerprint density at radius 1 is 0.957 bits per heavy atom. The third kappa shape index (κ3) is 7.87. The summed E-state index contributed by atoms with van der Waals surface area (Å²) in [6.07, 6.45) is 7.30. The van der Waals surface area contributed by atoms with Crippen molar-refractivity contribution < 1.29 is 31.1 Å².